The molecule has 2 aromatic carbocycles. The second-order valence-corrected chi connectivity index (χ2v) is 4.81. The van der Waals surface area contributed by atoms with Crippen LogP contribution in [0.5, 0.6) is 5.75 Å². The highest BCUT2D eigenvalue weighted by Crippen LogP contribution is 2.23. The molecule has 2 aromatic rings. The van der Waals surface area contributed by atoms with Gasteiger partial charge in [0.25, 0.3) is 5.91 Å². The second-order valence-electron chi connectivity index (χ2n) is 4.81. The number of amides is 1. The second kappa shape index (κ2) is 7.14. The van der Waals surface area contributed by atoms with Crippen molar-refractivity contribution in [2.75, 3.05) is 12.3 Å². The van der Waals surface area contributed by atoms with E-state index >= 15 is 0 Å². The van der Waals surface area contributed by atoms with Crippen molar-refractivity contribution in [2.45, 2.75) is 13.0 Å². The molecule has 1 unspecified atom stereocenters. The van der Waals surface area contributed by atoms with E-state index < -0.39 is 0 Å². The van der Waals surface area contributed by atoms with Gasteiger partial charge >= 0.3 is 0 Å². The molecule has 0 heterocycles. The molecule has 1 atom stereocenters. The van der Waals surface area contributed by atoms with E-state index in [-0.39, 0.29) is 18.6 Å². The smallest absolute Gasteiger partial charge is 0.251 e. The highest BCUT2D eigenvalue weighted by Gasteiger charge is 2.13. The van der Waals surface area contributed by atoms with Crippen molar-refractivity contribution in [1.29, 1.82) is 5.26 Å². The van der Waals surface area contributed by atoms with Crippen LogP contribution < -0.4 is 15.8 Å². The number of nitrogens with two attached hydrogens (primary N) is 1. The van der Waals surface area contributed by atoms with Crippen LogP contribution in [0.1, 0.15) is 28.9 Å². The van der Waals surface area contributed by atoms with Crippen molar-refractivity contribution in [3.63, 3.8) is 0 Å². The van der Waals surface area contributed by atoms with Crippen molar-refractivity contribution >= 4 is 11.6 Å². The number of rotatable bonds is 5. The van der Waals surface area contributed by atoms with E-state index in [1.54, 1.807) is 18.2 Å². The van der Waals surface area contributed by atoms with Crippen LogP contribution >= 0.6 is 0 Å². The van der Waals surface area contributed by atoms with E-state index in [0.29, 0.717) is 17.0 Å². The Balaban J connectivity index is 2.11. The Labute approximate surface area is 129 Å². The van der Waals surface area contributed by atoms with Gasteiger partial charge in [0.2, 0.25) is 0 Å². The number of nitrogens with zero attached hydrogens (tertiary/aromatic N) is 1. The molecule has 0 aliphatic carbocycles. The maximum atomic E-state index is 12.3. The fourth-order valence-corrected chi connectivity index (χ4v) is 2.02. The van der Waals surface area contributed by atoms with Gasteiger partial charge in [0.05, 0.1) is 11.7 Å². The van der Waals surface area contributed by atoms with Gasteiger partial charge in [-0.05, 0) is 30.7 Å². The molecule has 1 amide bonds. The Bertz CT molecular complexity index is 693. The highest BCUT2D eigenvalue weighted by atomic mass is 16.5. The number of benzene rings is 2. The van der Waals surface area contributed by atoms with Crippen LogP contribution in [0.2, 0.25) is 0 Å². The van der Waals surface area contributed by atoms with Gasteiger partial charge in [0.15, 0.2) is 6.61 Å². The highest BCUT2D eigenvalue weighted by molar-refractivity contribution is 5.95. The average molecular weight is 295 g/mol. The Morgan fingerprint density at radius 3 is 2.73 bits per heavy atom. The lowest BCUT2D eigenvalue weighted by atomic mass is 10.1. The SMILES string of the molecule is CC(NC(=O)c1ccc(N)c(OCC#N)c1)c1ccccc1. The summed E-state index contributed by atoms with van der Waals surface area (Å²) in [5.41, 5.74) is 7.60. The van der Waals surface area contributed by atoms with E-state index in [4.69, 9.17) is 15.7 Å². The lowest BCUT2D eigenvalue weighted by molar-refractivity contribution is 0.0939. The maximum absolute atomic E-state index is 12.3. The normalized spacial score (nSPS) is 11.3. The molecular formula is C17H17N3O2. The average Bonchev–Trinajstić information content (AvgIpc) is 2.54. The van der Waals surface area contributed by atoms with E-state index in [2.05, 4.69) is 5.32 Å². The molecule has 0 spiro atoms. The van der Waals surface area contributed by atoms with Crippen molar-refractivity contribution in [3.8, 4) is 11.8 Å². The zero-order valence-corrected chi connectivity index (χ0v) is 12.2. The molecule has 0 saturated heterocycles. The molecule has 0 aromatic heterocycles. The van der Waals surface area contributed by atoms with Crippen LogP contribution in [0.15, 0.2) is 48.5 Å². The Morgan fingerprint density at radius 1 is 1.32 bits per heavy atom. The monoisotopic (exact) mass is 295 g/mol. The van der Waals surface area contributed by atoms with E-state index in [1.807, 2.05) is 43.3 Å². The van der Waals surface area contributed by atoms with E-state index in [0.717, 1.165) is 5.56 Å². The summed E-state index contributed by atoms with van der Waals surface area (Å²) in [6, 6.07) is 16.2. The van der Waals surface area contributed by atoms with Gasteiger partial charge in [-0.2, -0.15) is 5.26 Å². The molecule has 0 fully saturated rings. The Kier molecular flexibility index (Phi) is 4.99. The molecule has 0 aliphatic heterocycles. The fraction of sp³-hybridized carbons (Fsp3) is 0.176. The van der Waals surface area contributed by atoms with Crippen LogP contribution in [0.3, 0.4) is 0 Å². The summed E-state index contributed by atoms with van der Waals surface area (Å²) in [6.45, 7) is 1.80. The third-order valence-electron chi connectivity index (χ3n) is 3.22. The molecule has 0 radical (unpaired) electrons. The number of hydrogen-bond donors (Lipinski definition) is 2. The van der Waals surface area contributed by atoms with Crippen molar-refractivity contribution < 1.29 is 9.53 Å². The number of anilines is 1. The molecule has 5 heteroatoms. The van der Waals surface area contributed by atoms with Crippen LogP contribution in [0.4, 0.5) is 5.69 Å². The number of hydrogen-bond acceptors (Lipinski definition) is 4. The molecule has 112 valence electrons. The molecule has 0 aliphatic rings. The Hall–Kier alpha value is -3.00. The van der Waals surface area contributed by atoms with Gasteiger partial charge < -0.3 is 15.8 Å². The summed E-state index contributed by atoms with van der Waals surface area (Å²) < 4.78 is 5.20. The minimum absolute atomic E-state index is 0.115. The van der Waals surface area contributed by atoms with Crippen molar-refractivity contribution in [1.82, 2.24) is 5.32 Å². The van der Waals surface area contributed by atoms with Crippen LogP contribution in [-0.4, -0.2) is 12.5 Å². The number of carbonyl (C=O) groups is 1. The van der Waals surface area contributed by atoms with Gasteiger partial charge in [-0.25, -0.2) is 0 Å². The first kappa shape index (κ1) is 15.4. The zero-order chi connectivity index (χ0) is 15.9. The summed E-state index contributed by atoms with van der Waals surface area (Å²) in [4.78, 5) is 12.3. The lowest BCUT2D eigenvalue weighted by Gasteiger charge is -2.15. The molecule has 22 heavy (non-hydrogen) atoms. The largest absolute Gasteiger partial charge is 0.477 e. The summed E-state index contributed by atoms with van der Waals surface area (Å²) in [7, 11) is 0. The number of nitrogen functional groups attached to an aromatic ring is 1. The molecule has 2 rings (SSSR count). The van der Waals surface area contributed by atoms with Gasteiger partial charge in [-0.15, -0.1) is 0 Å². The number of nitriles is 1. The quantitative estimate of drug-likeness (QED) is 0.830. The molecule has 5 nitrogen and oxygen atoms in total. The van der Waals surface area contributed by atoms with Crippen molar-refractivity contribution in [2.24, 2.45) is 0 Å². The fourth-order valence-electron chi connectivity index (χ4n) is 2.02. The van der Waals surface area contributed by atoms with Crippen molar-refractivity contribution in [3.05, 3.63) is 59.7 Å². The zero-order valence-electron chi connectivity index (χ0n) is 12.2. The third-order valence-corrected chi connectivity index (χ3v) is 3.22. The summed E-state index contributed by atoms with van der Waals surface area (Å²) in [5.74, 6) is 0.111. The minimum Gasteiger partial charge on any atom is -0.477 e. The Morgan fingerprint density at radius 2 is 2.05 bits per heavy atom. The van der Waals surface area contributed by atoms with E-state index in [1.165, 1.54) is 0 Å². The van der Waals surface area contributed by atoms with E-state index in [9.17, 15) is 4.79 Å². The lowest BCUT2D eigenvalue weighted by Crippen LogP contribution is -2.26. The summed E-state index contributed by atoms with van der Waals surface area (Å²) in [6.07, 6.45) is 0. The summed E-state index contributed by atoms with van der Waals surface area (Å²) >= 11 is 0. The van der Waals surface area contributed by atoms with Gasteiger partial charge in [0.1, 0.15) is 11.8 Å². The van der Waals surface area contributed by atoms with Crippen LogP contribution in [-0.2, 0) is 0 Å². The molecule has 0 saturated carbocycles. The standard InChI is InChI=1S/C17H17N3O2/c1-12(13-5-3-2-4-6-13)20-17(21)14-7-8-15(19)16(11-14)22-10-9-18/h2-8,11-12H,10,19H2,1H3,(H,20,21). The molecular weight excluding hydrogens is 278 g/mol. The topological polar surface area (TPSA) is 88.1 Å². The number of ether oxygens (including phenoxy) is 1. The molecule has 3 N–H and O–H groups in total. The maximum Gasteiger partial charge on any atom is 0.251 e. The summed E-state index contributed by atoms with van der Waals surface area (Å²) in [5, 5.41) is 11.5. The predicted octanol–water partition coefficient (Wildman–Crippen LogP) is 2.66. The minimum atomic E-state index is -0.224. The van der Waals surface area contributed by atoms with Gasteiger partial charge in [0, 0.05) is 5.56 Å². The first-order valence-corrected chi connectivity index (χ1v) is 6.87. The first-order valence-electron chi connectivity index (χ1n) is 6.87. The van der Waals surface area contributed by atoms with Gasteiger partial charge in [-0.1, -0.05) is 30.3 Å². The first-order chi connectivity index (χ1) is 10.6. The third kappa shape index (κ3) is 3.76. The predicted molar refractivity (Wildman–Crippen MR) is 84.3 cm³/mol. The number of carbonyl (C=O) groups excluding carboxylic acids is 1. The van der Waals surface area contributed by atoms with Crippen LogP contribution in [0.25, 0.3) is 0 Å². The molecule has 0 bridgehead atoms. The van der Waals surface area contributed by atoms with Gasteiger partial charge in [-0.3, -0.25) is 4.79 Å². The van der Waals surface area contributed by atoms with Crippen LogP contribution in [0, 0.1) is 11.3 Å². The number of nitrogens with one attached hydrogen (secondary N) is 1.